The Labute approximate surface area is 212 Å². The molecule has 8 heteroatoms. The van der Waals surface area contributed by atoms with Crippen LogP contribution in [0.4, 0.5) is 23.3 Å². The summed E-state index contributed by atoms with van der Waals surface area (Å²) in [5, 5.41) is 5.93. The number of piperidine rings is 1. The Morgan fingerprint density at radius 2 is 1.86 bits per heavy atom. The number of methoxy groups -OCH3 is 1. The van der Waals surface area contributed by atoms with E-state index in [0.717, 1.165) is 62.5 Å². The van der Waals surface area contributed by atoms with Crippen molar-refractivity contribution in [1.29, 1.82) is 0 Å². The molecule has 0 atom stereocenters. The fourth-order valence-electron chi connectivity index (χ4n) is 5.19. The maximum Gasteiger partial charge on any atom is 0.227 e. The molecule has 4 heterocycles. The average Bonchev–Trinajstić information content (AvgIpc) is 2.85. The van der Waals surface area contributed by atoms with Crippen molar-refractivity contribution in [2.24, 2.45) is 5.92 Å². The normalized spacial score (nSPS) is 17.3. The standard InChI is InChI=1S/C27H36N6OS/c1-18(2)21-5-6-24(33-15-19(16-33)17-35-4)23-14-29-26(13-22(21)23)30-25-7-10-28-27(31-25)32-11-8-20(34-3)9-12-32/h5-7,10,13-14,18-20H,8-9,11-12,15-17H2,1-4H3,(H,28,29,30,31). The number of nitrogens with zero attached hydrogens (tertiary/aromatic N) is 5. The number of hydrogen-bond acceptors (Lipinski definition) is 8. The smallest absolute Gasteiger partial charge is 0.227 e. The molecule has 0 aliphatic carbocycles. The maximum atomic E-state index is 5.50. The number of aromatic nitrogens is 3. The van der Waals surface area contributed by atoms with E-state index in [2.05, 4.69) is 58.4 Å². The van der Waals surface area contributed by atoms with Gasteiger partial charge in [0.15, 0.2) is 0 Å². The molecular weight excluding hydrogens is 456 g/mol. The third-order valence-electron chi connectivity index (χ3n) is 7.19. The highest BCUT2D eigenvalue weighted by Gasteiger charge is 2.28. The Kier molecular flexibility index (Phi) is 7.29. The van der Waals surface area contributed by atoms with Gasteiger partial charge in [-0.05, 0) is 59.9 Å². The predicted octanol–water partition coefficient (Wildman–Crippen LogP) is 5.31. The zero-order chi connectivity index (χ0) is 24.4. The number of ether oxygens (including phenoxy) is 1. The van der Waals surface area contributed by atoms with Gasteiger partial charge in [0.25, 0.3) is 0 Å². The van der Waals surface area contributed by atoms with Crippen LogP contribution >= 0.6 is 11.8 Å². The molecule has 0 saturated carbocycles. The third-order valence-corrected chi connectivity index (χ3v) is 8.00. The van der Waals surface area contributed by atoms with Crippen LogP contribution in [-0.2, 0) is 4.74 Å². The van der Waals surface area contributed by atoms with Crippen LogP contribution in [0.2, 0.25) is 0 Å². The van der Waals surface area contributed by atoms with Crippen LogP contribution in [0, 0.1) is 5.92 Å². The molecule has 2 saturated heterocycles. The van der Waals surface area contributed by atoms with Crippen molar-refractivity contribution in [3.05, 3.63) is 42.2 Å². The van der Waals surface area contributed by atoms with Crippen molar-refractivity contribution < 1.29 is 4.74 Å². The SMILES string of the molecule is COC1CCN(c2nccc(Nc3cc4c(C(C)C)ccc(N5CC(CSC)C5)c4cn3)n2)CC1. The molecule has 0 unspecified atom stereocenters. The molecule has 0 radical (unpaired) electrons. The summed E-state index contributed by atoms with van der Waals surface area (Å²) in [6.07, 6.45) is 8.37. The molecule has 2 aliphatic rings. The lowest BCUT2D eigenvalue weighted by molar-refractivity contribution is 0.0816. The summed E-state index contributed by atoms with van der Waals surface area (Å²) in [6.45, 7) is 8.58. The summed E-state index contributed by atoms with van der Waals surface area (Å²) in [5.41, 5.74) is 2.64. The zero-order valence-electron chi connectivity index (χ0n) is 21.2. The highest BCUT2D eigenvalue weighted by Crippen LogP contribution is 2.37. The molecule has 186 valence electrons. The lowest BCUT2D eigenvalue weighted by Crippen LogP contribution is -2.48. The Morgan fingerprint density at radius 1 is 1.06 bits per heavy atom. The van der Waals surface area contributed by atoms with Crippen LogP contribution in [0.5, 0.6) is 0 Å². The number of anilines is 4. The first-order valence-corrected chi connectivity index (χ1v) is 14.0. The van der Waals surface area contributed by atoms with Gasteiger partial charge >= 0.3 is 0 Å². The van der Waals surface area contributed by atoms with Crippen LogP contribution in [0.1, 0.15) is 38.2 Å². The van der Waals surface area contributed by atoms with Gasteiger partial charge in [-0.25, -0.2) is 9.97 Å². The summed E-state index contributed by atoms with van der Waals surface area (Å²) >= 11 is 1.94. The van der Waals surface area contributed by atoms with Crippen molar-refractivity contribution in [2.45, 2.75) is 38.7 Å². The van der Waals surface area contributed by atoms with Gasteiger partial charge in [0.2, 0.25) is 5.95 Å². The first kappa shape index (κ1) is 24.1. The Morgan fingerprint density at radius 3 is 2.57 bits per heavy atom. The van der Waals surface area contributed by atoms with Crippen molar-refractivity contribution >= 4 is 45.8 Å². The van der Waals surface area contributed by atoms with Gasteiger partial charge in [-0.3, -0.25) is 0 Å². The molecule has 2 fully saturated rings. The van der Waals surface area contributed by atoms with Crippen LogP contribution in [0.15, 0.2) is 36.7 Å². The average molecular weight is 493 g/mol. The minimum Gasteiger partial charge on any atom is -0.381 e. The summed E-state index contributed by atoms with van der Waals surface area (Å²) in [4.78, 5) is 18.8. The number of hydrogen-bond donors (Lipinski definition) is 1. The largest absolute Gasteiger partial charge is 0.381 e. The molecule has 3 aromatic rings. The van der Waals surface area contributed by atoms with Crippen LogP contribution in [0.3, 0.4) is 0 Å². The molecule has 5 rings (SSSR count). The van der Waals surface area contributed by atoms with Gasteiger partial charge in [-0.15, -0.1) is 0 Å². The molecule has 0 amide bonds. The first-order valence-electron chi connectivity index (χ1n) is 12.6. The molecule has 2 aliphatic heterocycles. The summed E-state index contributed by atoms with van der Waals surface area (Å²) in [5.74, 6) is 4.78. The Balaban J connectivity index is 1.38. The van der Waals surface area contributed by atoms with E-state index in [9.17, 15) is 0 Å². The Bertz CT molecular complexity index is 1160. The van der Waals surface area contributed by atoms with Crippen molar-refractivity contribution in [2.75, 3.05) is 60.4 Å². The fourth-order valence-corrected chi connectivity index (χ4v) is 5.88. The highest BCUT2D eigenvalue weighted by molar-refractivity contribution is 7.98. The zero-order valence-corrected chi connectivity index (χ0v) is 22.0. The third kappa shape index (κ3) is 5.19. The quantitative estimate of drug-likeness (QED) is 0.454. The molecule has 0 spiro atoms. The van der Waals surface area contributed by atoms with Gasteiger partial charge in [-0.1, -0.05) is 19.9 Å². The van der Waals surface area contributed by atoms with Crippen LogP contribution < -0.4 is 15.1 Å². The monoisotopic (exact) mass is 492 g/mol. The van der Waals surface area contributed by atoms with Gasteiger partial charge < -0.3 is 19.9 Å². The van der Waals surface area contributed by atoms with E-state index in [4.69, 9.17) is 14.7 Å². The minimum atomic E-state index is 0.335. The van der Waals surface area contributed by atoms with E-state index in [1.54, 1.807) is 7.11 Å². The highest BCUT2D eigenvalue weighted by atomic mass is 32.2. The van der Waals surface area contributed by atoms with Crippen LogP contribution in [-0.4, -0.2) is 66.4 Å². The number of benzene rings is 1. The van der Waals surface area contributed by atoms with E-state index in [1.807, 2.05) is 30.2 Å². The fraction of sp³-hybridized carbons (Fsp3) is 0.519. The van der Waals surface area contributed by atoms with E-state index in [-0.39, 0.29) is 0 Å². The molecule has 0 bridgehead atoms. The number of thioether (sulfide) groups is 1. The number of rotatable bonds is 8. The molecule has 1 N–H and O–H groups in total. The number of pyridine rings is 1. The van der Waals surface area contributed by atoms with Crippen LogP contribution in [0.25, 0.3) is 10.8 Å². The second-order valence-electron chi connectivity index (χ2n) is 9.96. The van der Waals surface area contributed by atoms with Gasteiger partial charge in [-0.2, -0.15) is 16.7 Å². The number of nitrogens with one attached hydrogen (secondary N) is 1. The molecular formula is C27H36N6OS. The number of fused-ring (bicyclic) bond motifs is 1. The topological polar surface area (TPSA) is 66.4 Å². The van der Waals surface area contributed by atoms with Crippen molar-refractivity contribution in [1.82, 2.24) is 15.0 Å². The van der Waals surface area contributed by atoms with Gasteiger partial charge in [0.1, 0.15) is 11.6 Å². The molecule has 7 nitrogen and oxygen atoms in total. The summed E-state index contributed by atoms with van der Waals surface area (Å²) < 4.78 is 5.50. The maximum absolute atomic E-state index is 5.50. The van der Waals surface area contributed by atoms with Crippen molar-refractivity contribution in [3.8, 4) is 0 Å². The molecule has 35 heavy (non-hydrogen) atoms. The second kappa shape index (κ2) is 10.6. The van der Waals surface area contributed by atoms with E-state index < -0.39 is 0 Å². The van der Waals surface area contributed by atoms with Crippen molar-refractivity contribution in [3.63, 3.8) is 0 Å². The van der Waals surface area contributed by atoms with E-state index >= 15 is 0 Å². The Hall–Kier alpha value is -2.58. The van der Waals surface area contributed by atoms with E-state index in [0.29, 0.717) is 12.0 Å². The lowest BCUT2D eigenvalue weighted by atomic mass is 9.93. The summed E-state index contributed by atoms with van der Waals surface area (Å²) in [6, 6.07) is 8.66. The summed E-state index contributed by atoms with van der Waals surface area (Å²) in [7, 11) is 1.79. The predicted molar refractivity (Wildman–Crippen MR) is 147 cm³/mol. The second-order valence-corrected chi connectivity index (χ2v) is 10.9. The molecule has 2 aromatic heterocycles. The van der Waals surface area contributed by atoms with Gasteiger partial charge in [0, 0.05) is 62.7 Å². The van der Waals surface area contributed by atoms with Gasteiger partial charge in [0.05, 0.1) is 6.10 Å². The van der Waals surface area contributed by atoms with E-state index in [1.165, 1.54) is 27.8 Å². The first-order chi connectivity index (χ1) is 17.1. The molecule has 1 aromatic carbocycles. The lowest BCUT2D eigenvalue weighted by Gasteiger charge is -2.41. The minimum absolute atomic E-state index is 0.335.